The third-order valence-corrected chi connectivity index (χ3v) is 6.69. The van der Waals surface area contributed by atoms with E-state index in [1.807, 2.05) is 0 Å². The molecule has 0 unspecified atom stereocenters. The Balaban J connectivity index is 1.36. The Morgan fingerprint density at radius 1 is 0.941 bits per heavy atom. The lowest BCUT2D eigenvalue weighted by molar-refractivity contribution is -0.119. The number of aromatic nitrogens is 2. The fourth-order valence-electron chi connectivity index (χ4n) is 3.04. The van der Waals surface area contributed by atoms with Crippen molar-refractivity contribution in [2.45, 2.75) is 4.90 Å². The van der Waals surface area contributed by atoms with Gasteiger partial charge in [-0.2, -0.15) is 0 Å². The monoisotopic (exact) mass is 544 g/mol. The first kappa shape index (κ1) is 23.3. The van der Waals surface area contributed by atoms with Crippen molar-refractivity contribution in [2.24, 2.45) is 0 Å². The molecule has 0 atom stereocenters. The molecule has 1 amide bonds. The van der Waals surface area contributed by atoms with Gasteiger partial charge in [-0.05, 0) is 64.5 Å². The number of halogens is 1. The molecule has 4 aromatic rings. The van der Waals surface area contributed by atoms with Crippen LogP contribution in [-0.4, -0.2) is 36.9 Å². The number of sulfonamides is 1. The van der Waals surface area contributed by atoms with Crippen LogP contribution in [0.25, 0.3) is 11.0 Å². The number of ether oxygens (including phenoxy) is 1. The molecule has 0 aliphatic heterocycles. The molecule has 0 saturated heterocycles. The summed E-state index contributed by atoms with van der Waals surface area (Å²) >= 11 is 3.30. The lowest BCUT2D eigenvalue weighted by Crippen LogP contribution is -2.21. The molecule has 0 radical (unpaired) electrons. The van der Waals surface area contributed by atoms with E-state index >= 15 is 0 Å². The predicted octanol–water partition coefficient (Wildman–Crippen LogP) is 3.22. The Morgan fingerprint density at radius 2 is 1.59 bits per heavy atom. The second-order valence-electron chi connectivity index (χ2n) is 7.08. The Labute approximate surface area is 201 Å². The van der Waals surface area contributed by atoms with Crippen molar-refractivity contribution in [3.63, 3.8) is 0 Å². The van der Waals surface area contributed by atoms with Crippen molar-refractivity contribution >= 4 is 60.2 Å². The Kier molecular flexibility index (Phi) is 6.52. The number of anilines is 2. The summed E-state index contributed by atoms with van der Waals surface area (Å²) in [4.78, 5) is 41.0. The molecule has 0 bridgehead atoms. The highest BCUT2D eigenvalue weighted by Gasteiger charge is 2.17. The summed E-state index contributed by atoms with van der Waals surface area (Å²) in [5.74, 6) is -1.39. The van der Waals surface area contributed by atoms with E-state index in [-0.39, 0.29) is 16.1 Å². The van der Waals surface area contributed by atoms with E-state index in [0.29, 0.717) is 26.9 Å². The number of carbonyl (C=O) groups excluding carboxylic acids is 2. The van der Waals surface area contributed by atoms with Gasteiger partial charge >= 0.3 is 11.7 Å². The van der Waals surface area contributed by atoms with Crippen LogP contribution < -0.4 is 15.7 Å². The summed E-state index contributed by atoms with van der Waals surface area (Å²) in [6.07, 6.45) is 0. The van der Waals surface area contributed by atoms with Gasteiger partial charge in [0.25, 0.3) is 15.9 Å². The van der Waals surface area contributed by atoms with E-state index < -0.39 is 28.5 Å². The maximum Gasteiger partial charge on any atom is 0.338 e. The van der Waals surface area contributed by atoms with Gasteiger partial charge in [-0.3, -0.25) is 9.52 Å². The third kappa shape index (κ3) is 5.35. The van der Waals surface area contributed by atoms with Gasteiger partial charge in [0.05, 0.1) is 27.2 Å². The number of hydrogen-bond donors (Lipinski definition) is 4. The standard InChI is InChI=1S/C22H17BrN4O6S/c23-16-10-18-19(26-22(30)25-18)11-17(16)24-20(28)12-33-21(29)13-6-8-15(9-7-13)34(31,32)27-14-4-2-1-3-5-14/h1-11,27H,12H2,(H,24,28)(H2,25,26,30). The Morgan fingerprint density at radius 3 is 2.26 bits per heavy atom. The van der Waals surface area contributed by atoms with Gasteiger partial charge in [-0.25, -0.2) is 18.0 Å². The van der Waals surface area contributed by atoms with E-state index in [1.54, 1.807) is 42.5 Å². The van der Waals surface area contributed by atoms with E-state index in [9.17, 15) is 22.8 Å². The minimum Gasteiger partial charge on any atom is -0.452 e. The Bertz CT molecular complexity index is 1530. The number of rotatable bonds is 7. The normalized spacial score (nSPS) is 11.2. The number of fused-ring (bicyclic) bond motifs is 1. The fourth-order valence-corrected chi connectivity index (χ4v) is 4.54. The van der Waals surface area contributed by atoms with Gasteiger partial charge in [-0.1, -0.05) is 18.2 Å². The number of amides is 1. The number of esters is 1. The molecule has 4 rings (SSSR count). The summed E-state index contributed by atoms with van der Waals surface area (Å²) in [6, 6.07) is 16.7. The maximum absolute atomic E-state index is 12.5. The average molecular weight is 545 g/mol. The number of para-hydroxylation sites is 1. The minimum atomic E-state index is -3.83. The average Bonchev–Trinajstić information content (AvgIpc) is 3.16. The number of aromatic amines is 2. The molecule has 1 aromatic heterocycles. The van der Waals surface area contributed by atoms with Crippen LogP contribution in [0.3, 0.4) is 0 Å². The molecule has 3 aromatic carbocycles. The van der Waals surface area contributed by atoms with Crippen molar-refractivity contribution in [3.8, 4) is 0 Å². The lowest BCUT2D eigenvalue weighted by Gasteiger charge is -2.10. The molecule has 4 N–H and O–H groups in total. The van der Waals surface area contributed by atoms with Crippen molar-refractivity contribution < 1.29 is 22.7 Å². The third-order valence-electron chi connectivity index (χ3n) is 4.64. The molecule has 1 heterocycles. The summed E-state index contributed by atoms with van der Waals surface area (Å²) in [6.45, 7) is -0.567. The first-order valence-corrected chi connectivity index (χ1v) is 12.1. The van der Waals surface area contributed by atoms with E-state index in [1.165, 1.54) is 24.3 Å². The highest BCUT2D eigenvalue weighted by atomic mass is 79.9. The summed E-state index contributed by atoms with van der Waals surface area (Å²) < 4.78 is 32.9. The van der Waals surface area contributed by atoms with Crippen molar-refractivity contribution in [3.05, 3.63) is 87.3 Å². The zero-order valence-electron chi connectivity index (χ0n) is 17.3. The SMILES string of the molecule is O=C(COC(=O)c1ccc(S(=O)(=O)Nc2ccccc2)cc1)Nc1cc2[nH]c(=O)[nH]c2cc1Br. The highest BCUT2D eigenvalue weighted by Crippen LogP contribution is 2.26. The number of nitrogens with one attached hydrogen (secondary N) is 4. The lowest BCUT2D eigenvalue weighted by atomic mass is 10.2. The summed E-state index contributed by atoms with van der Waals surface area (Å²) in [5.41, 5.74) is 1.55. The quantitative estimate of drug-likeness (QED) is 0.262. The molecule has 12 heteroatoms. The van der Waals surface area contributed by atoms with Crippen LogP contribution >= 0.6 is 15.9 Å². The molecular weight excluding hydrogens is 528 g/mol. The number of H-pyrrole nitrogens is 2. The second kappa shape index (κ2) is 9.53. The van der Waals surface area contributed by atoms with Crippen LogP contribution in [0.5, 0.6) is 0 Å². The largest absolute Gasteiger partial charge is 0.452 e. The van der Waals surface area contributed by atoms with Crippen LogP contribution in [-0.2, 0) is 19.6 Å². The van der Waals surface area contributed by atoms with Crippen LogP contribution in [0.1, 0.15) is 10.4 Å². The maximum atomic E-state index is 12.5. The number of imidazole rings is 1. The fraction of sp³-hybridized carbons (Fsp3) is 0.0455. The summed E-state index contributed by atoms with van der Waals surface area (Å²) in [5, 5.41) is 2.58. The predicted molar refractivity (Wildman–Crippen MR) is 129 cm³/mol. The zero-order chi connectivity index (χ0) is 24.3. The molecule has 34 heavy (non-hydrogen) atoms. The van der Waals surface area contributed by atoms with E-state index in [2.05, 4.69) is 35.9 Å². The molecule has 0 aliphatic carbocycles. The molecule has 10 nitrogen and oxygen atoms in total. The van der Waals surface area contributed by atoms with Crippen LogP contribution in [0.4, 0.5) is 11.4 Å². The minimum absolute atomic E-state index is 0.0336. The van der Waals surface area contributed by atoms with Crippen molar-refractivity contribution in [2.75, 3.05) is 16.6 Å². The molecule has 0 fully saturated rings. The van der Waals surface area contributed by atoms with E-state index in [0.717, 1.165) is 0 Å². The zero-order valence-corrected chi connectivity index (χ0v) is 19.7. The molecule has 0 saturated carbocycles. The van der Waals surface area contributed by atoms with E-state index in [4.69, 9.17) is 4.74 Å². The van der Waals surface area contributed by atoms with Crippen LogP contribution in [0, 0.1) is 0 Å². The number of benzene rings is 3. The smallest absolute Gasteiger partial charge is 0.338 e. The molecule has 0 aliphatic rings. The van der Waals surface area contributed by atoms with Crippen molar-refractivity contribution in [1.82, 2.24) is 9.97 Å². The van der Waals surface area contributed by atoms with Gasteiger partial charge in [-0.15, -0.1) is 0 Å². The van der Waals surface area contributed by atoms with Gasteiger partial charge in [0.15, 0.2) is 6.61 Å². The Hall–Kier alpha value is -3.90. The molecular formula is C22H17BrN4O6S. The topological polar surface area (TPSA) is 150 Å². The van der Waals surface area contributed by atoms with Gasteiger partial charge in [0, 0.05) is 10.2 Å². The van der Waals surface area contributed by atoms with Crippen LogP contribution in [0.2, 0.25) is 0 Å². The van der Waals surface area contributed by atoms with Gasteiger partial charge in [0.1, 0.15) is 0 Å². The highest BCUT2D eigenvalue weighted by molar-refractivity contribution is 9.10. The van der Waals surface area contributed by atoms with Gasteiger partial charge in [0.2, 0.25) is 0 Å². The second-order valence-corrected chi connectivity index (χ2v) is 9.61. The number of carbonyl (C=O) groups is 2. The van der Waals surface area contributed by atoms with Crippen molar-refractivity contribution in [1.29, 1.82) is 0 Å². The first-order chi connectivity index (χ1) is 16.2. The van der Waals surface area contributed by atoms with Crippen LogP contribution in [0.15, 0.2) is 80.9 Å². The van der Waals surface area contributed by atoms with Gasteiger partial charge < -0.3 is 20.0 Å². The number of hydrogen-bond acceptors (Lipinski definition) is 6. The molecule has 0 spiro atoms. The first-order valence-electron chi connectivity index (χ1n) is 9.78. The summed E-state index contributed by atoms with van der Waals surface area (Å²) in [7, 11) is -3.83. The molecule has 174 valence electrons.